The Hall–Kier alpha value is -1.52. The van der Waals surface area contributed by atoms with Crippen LogP contribution in [0.5, 0.6) is 0 Å². The predicted molar refractivity (Wildman–Crippen MR) is 74.0 cm³/mol. The maximum absolute atomic E-state index is 12.1. The van der Waals surface area contributed by atoms with Crippen LogP contribution in [0.4, 0.5) is 4.79 Å². The van der Waals surface area contributed by atoms with Crippen LogP contribution in [0.25, 0.3) is 0 Å². The zero-order valence-corrected chi connectivity index (χ0v) is 11.8. The molecule has 0 saturated heterocycles. The lowest BCUT2D eigenvalue weighted by molar-refractivity contribution is -0.148. The van der Waals surface area contributed by atoms with Crippen molar-refractivity contribution in [3.63, 3.8) is 0 Å². The molecular weight excluding hydrogens is 244 g/mol. The van der Waals surface area contributed by atoms with Crippen molar-refractivity contribution >= 4 is 12.0 Å². The molecule has 0 aromatic heterocycles. The molecule has 5 heteroatoms. The third-order valence-corrected chi connectivity index (χ3v) is 3.80. The fourth-order valence-electron chi connectivity index (χ4n) is 2.53. The normalized spacial score (nSPS) is 17.2. The number of hydrogen-bond acceptors (Lipinski definition) is 2. The van der Waals surface area contributed by atoms with Crippen molar-refractivity contribution in [2.24, 2.45) is 5.41 Å². The molecule has 0 aromatic rings. The summed E-state index contributed by atoms with van der Waals surface area (Å²) in [6.07, 6.45) is 4.80. The average molecular weight is 268 g/mol. The molecule has 0 atom stereocenters. The van der Waals surface area contributed by atoms with E-state index in [0.29, 0.717) is 19.4 Å². The molecule has 0 radical (unpaired) electrons. The number of rotatable bonds is 6. The van der Waals surface area contributed by atoms with Gasteiger partial charge in [0.25, 0.3) is 0 Å². The van der Waals surface area contributed by atoms with Gasteiger partial charge in [-0.2, -0.15) is 0 Å². The minimum absolute atomic E-state index is 0.0577. The van der Waals surface area contributed by atoms with Gasteiger partial charge in [0.05, 0.1) is 5.41 Å². The maximum atomic E-state index is 12.1. The molecule has 1 aliphatic rings. The Bertz CT molecular complexity index is 347. The molecule has 0 heterocycles. The molecule has 0 aromatic carbocycles. The van der Waals surface area contributed by atoms with Crippen molar-refractivity contribution in [3.05, 3.63) is 12.7 Å². The first-order valence-electron chi connectivity index (χ1n) is 6.82. The Morgan fingerprint density at radius 1 is 1.42 bits per heavy atom. The number of carbonyl (C=O) groups excluding carboxylic acids is 1. The molecule has 2 N–H and O–H groups in total. The number of amides is 2. The first-order valence-corrected chi connectivity index (χ1v) is 6.82. The zero-order valence-electron chi connectivity index (χ0n) is 11.8. The Kier molecular flexibility index (Phi) is 5.39. The monoisotopic (exact) mass is 268 g/mol. The van der Waals surface area contributed by atoms with Gasteiger partial charge in [-0.05, 0) is 26.7 Å². The van der Waals surface area contributed by atoms with Crippen molar-refractivity contribution < 1.29 is 14.7 Å². The number of hydrogen-bond donors (Lipinski definition) is 2. The summed E-state index contributed by atoms with van der Waals surface area (Å²) in [6, 6.07) is -0.162. The summed E-state index contributed by atoms with van der Waals surface area (Å²) in [7, 11) is 0. The number of nitrogens with one attached hydrogen (secondary N) is 1. The molecule has 0 unspecified atom stereocenters. The minimum atomic E-state index is -0.801. The average Bonchev–Trinajstić information content (AvgIpc) is 2.82. The van der Waals surface area contributed by atoms with E-state index >= 15 is 0 Å². The lowest BCUT2D eigenvalue weighted by Crippen LogP contribution is -2.48. The van der Waals surface area contributed by atoms with E-state index in [1.165, 1.54) is 0 Å². The highest BCUT2D eigenvalue weighted by Crippen LogP contribution is 2.37. The van der Waals surface area contributed by atoms with Crippen LogP contribution in [-0.2, 0) is 4.79 Å². The van der Waals surface area contributed by atoms with Crippen molar-refractivity contribution in [2.45, 2.75) is 45.6 Å². The molecular formula is C14H24N2O3. The van der Waals surface area contributed by atoms with Crippen LogP contribution < -0.4 is 5.32 Å². The van der Waals surface area contributed by atoms with E-state index in [0.717, 1.165) is 12.8 Å². The first kappa shape index (κ1) is 15.5. The van der Waals surface area contributed by atoms with Crippen LogP contribution in [0.1, 0.15) is 39.5 Å². The molecule has 0 spiro atoms. The largest absolute Gasteiger partial charge is 0.481 e. The van der Waals surface area contributed by atoms with Crippen LogP contribution in [0.2, 0.25) is 0 Å². The third kappa shape index (κ3) is 3.72. The number of carboxylic acid groups (broad SMARTS) is 1. The standard InChI is InChI=1S/C14H24N2O3/c1-4-9-16(11(2)3)13(19)15-10-14(12(17)18)7-5-6-8-14/h4,11H,1,5-10H2,2-3H3,(H,15,19)(H,17,18). The Morgan fingerprint density at radius 2 is 2.00 bits per heavy atom. The van der Waals surface area contributed by atoms with Gasteiger partial charge in [0, 0.05) is 19.1 Å². The van der Waals surface area contributed by atoms with E-state index in [-0.39, 0.29) is 18.6 Å². The van der Waals surface area contributed by atoms with Gasteiger partial charge < -0.3 is 15.3 Å². The first-order chi connectivity index (χ1) is 8.93. The topological polar surface area (TPSA) is 69.6 Å². The molecule has 1 fully saturated rings. The summed E-state index contributed by atoms with van der Waals surface area (Å²) in [5.74, 6) is -0.801. The summed E-state index contributed by atoms with van der Waals surface area (Å²) >= 11 is 0. The van der Waals surface area contributed by atoms with Crippen molar-refractivity contribution in [3.8, 4) is 0 Å². The van der Waals surface area contributed by atoms with Gasteiger partial charge in [-0.3, -0.25) is 4.79 Å². The van der Waals surface area contributed by atoms with Crippen LogP contribution in [0.3, 0.4) is 0 Å². The lowest BCUT2D eigenvalue weighted by Gasteiger charge is -2.29. The van der Waals surface area contributed by atoms with Gasteiger partial charge in [0.2, 0.25) is 0 Å². The van der Waals surface area contributed by atoms with Gasteiger partial charge in [0.15, 0.2) is 0 Å². The third-order valence-electron chi connectivity index (χ3n) is 3.80. The molecule has 19 heavy (non-hydrogen) atoms. The minimum Gasteiger partial charge on any atom is -0.481 e. The summed E-state index contributed by atoms with van der Waals surface area (Å²) in [5.41, 5.74) is -0.771. The second-order valence-electron chi connectivity index (χ2n) is 5.49. The molecule has 108 valence electrons. The number of aliphatic carboxylic acids is 1. The molecule has 0 aliphatic heterocycles. The van der Waals surface area contributed by atoms with Gasteiger partial charge >= 0.3 is 12.0 Å². The molecule has 5 nitrogen and oxygen atoms in total. The van der Waals surface area contributed by atoms with E-state index < -0.39 is 11.4 Å². The number of carboxylic acids is 1. The van der Waals surface area contributed by atoms with E-state index in [1.807, 2.05) is 13.8 Å². The van der Waals surface area contributed by atoms with Crippen LogP contribution >= 0.6 is 0 Å². The number of urea groups is 1. The fraction of sp³-hybridized carbons (Fsp3) is 0.714. The summed E-state index contributed by atoms with van der Waals surface area (Å²) in [4.78, 5) is 25.1. The van der Waals surface area contributed by atoms with Crippen molar-refractivity contribution in [1.82, 2.24) is 10.2 Å². The van der Waals surface area contributed by atoms with Gasteiger partial charge in [-0.25, -0.2) is 4.79 Å². The molecule has 1 rings (SSSR count). The van der Waals surface area contributed by atoms with E-state index in [4.69, 9.17) is 0 Å². The predicted octanol–water partition coefficient (Wildman–Crippen LogP) is 2.24. The molecule has 1 saturated carbocycles. The smallest absolute Gasteiger partial charge is 0.317 e. The van der Waals surface area contributed by atoms with E-state index in [2.05, 4.69) is 11.9 Å². The summed E-state index contributed by atoms with van der Waals surface area (Å²) < 4.78 is 0. The van der Waals surface area contributed by atoms with Gasteiger partial charge in [-0.15, -0.1) is 6.58 Å². The SMILES string of the molecule is C=CCN(C(=O)NCC1(C(=O)O)CCCC1)C(C)C. The van der Waals surface area contributed by atoms with Gasteiger partial charge in [-0.1, -0.05) is 18.9 Å². The summed E-state index contributed by atoms with van der Waals surface area (Å²) in [6.45, 7) is 8.15. The zero-order chi connectivity index (χ0) is 14.5. The molecule has 1 aliphatic carbocycles. The van der Waals surface area contributed by atoms with Crippen LogP contribution in [-0.4, -0.2) is 41.1 Å². The number of carbonyl (C=O) groups is 2. The number of nitrogens with zero attached hydrogens (tertiary/aromatic N) is 1. The van der Waals surface area contributed by atoms with Crippen LogP contribution in [0.15, 0.2) is 12.7 Å². The highest BCUT2D eigenvalue weighted by atomic mass is 16.4. The second-order valence-corrected chi connectivity index (χ2v) is 5.49. The summed E-state index contributed by atoms with van der Waals surface area (Å²) in [5, 5.41) is 12.1. The van der Waals surface area contributed by atoms with E-state index in [9.17, 15) is 14.7 Å². The van der Waals surface area contributed by atoms with Crippen molar-refractivity contribution in [1.29, 1.82) is 0 Å². The lowest BCUT2D eigenvalue weighted by atomic mass is 9.86. The highest BCUT2D eigenvalue weighted by Gasteiger charge is 2.41. The Morgan fingerprint density at radius 3 is 2.42 bits per heavy atom. The Balaban J connectivity index is 2.61. The maximum Gasteiger partial charge on any atom is 0.317 e. The molecule has 0 bridgehead atoms. The highest BCUT2D eigenvalue weighted by molar-refractivity contribution is 5.78. The van der Waals surface area contributed by atoms with Crippen LogP contribution in [0, 0.1) is 5.41 Å². The molecule has 2 amide bonds. The quantitative estimate of drug-likeness (QED) is 0.726. The van der Waals surface area contributed by atoms with Crippen molar-refractivity contribution in [2.75, 3.05) is 13.1 Å². The van der Waals surface area contributed by atoms with E-state index in [1.54, 1.807) is 11.0 Å². The fourth-order valence-corrected chi connectivity index (χ4v) is 2.53. The van der Waals surface area contributed by atoms with Gasteiger partial charge in [0.1, 0.15) is 0 Å². The second kappa shape index (κ2) is 6.59. The Labute approximate surface area is 114 Å².